The zero-order chi connectivity index (χ0) is 26.5. The molecule has 0 aromatic heterocycles. The molecule has 3 aromatic carbocycles. The Labute approximate surface area is 214 Å². The quantitative estimate of drug-likeness (QED) is 0.267. The summed E-state index contributed by atoms with van der Waals surface area (Å²) < 4.78 is 85.1. The van der Waals surface area contributed by atoms with E-state index in [1.165, 1.54) is 30.3 Å². The van der Waals surface area contributed by atoms with Crippen molar-refractivity contribution < 1.29 is 31.4 Å². The molecule has 1 fully saturated rings. The van der Waals surface area contributed by atoms with Gasteiger partial charge in [-0.05, 0) is 67.3 Å². The minimum Gasteiger partial charge on any atom is -0.353 e. The number of hydrogen-bond acceptors (Lipinski definition) is 2. The van der Waals surface area contributed by atoms with Crippen molar-refractivity contribution in [1.82, 2.24) is 0 Å². The maximum Gasteiger partial charge on any atom is 0.167 e. The molecule has 0 bridgehead atoms. The van der Waals surface area contributed by atoms with Crippen LogP contribution in [0.4, 0.5) is 22.0 Å². The summed E-state index contributed by atoms with van der Waals surface area (Å²) in [5.74, 6) is -5.33. The van der Waals surface area contributed by atoms with Gasteiger partial charge in [-0.3, -0.25) is 0 Å². The number of aryl methyl sites for hydroxylation is 3. The highest BCUT2D eigenvalue weighted by Gasteiger charge is 2.28. The number of rotatable bonds is 9. The number of halogens is 5. The van der Waals surface area contributed by atoms with Gasteiger partial charge in [0.1, 0.15) is 5.82 Å². The molecule has 0 saturated carbocycles. The number of hydrogen-bond donors (Lipinski definition) is 0. The molecule has 2 unspecified atom stereocenters. The zero-order valence-electron chi connectivity index (χ0n) is 21.1. The second kappa shape index (κ2) is 12.2. The van der Waals surface area contributed by atoms with E-state index >= 15 is 4.39 Å². The highest BCUT2D eigenvalue weighted by atomic mass is 19.2. The Morgan fingerprint density at radius 2 is 1.46 bits per heavy atom. The van der Waals surface area contributed by atoms with Gasteiger partial charge in [0.15, 0.2) is 29.6 Å². The molecule has 1 aliphatic rings. The third-order valence-electron chi connectivity index (χ3n) is 6.91. The van der Waals surface area contributed by atoms with E-state index in [0.29, 0.717) is 43.4 Å². The van der Waals surface area contributed by atoms with Gasteiger partial charge in [-0.1, -0.05) is 49.7 Å². The highest BCUT2D eigenvalue weighted by molar-refractivity contribution is 5.66. The van der Waals surface area contributed by atoms with E-state index in [-0.39, 0.29) is 53.3 Å². The highest BCUT2D eigenvalue weighted by Crippen LogP contribution is 2.36. The molecule has 0 aliphatic carbocycles. The molecule has 2 atom stereocenters. The first-order chi connectivity index (χ1) is 17.8. The molecule has 1 heterocycles. The number of ether oxygens (including phenoxy) is 2. The van der Waals surface area contributed by atoms with Crippen LogP contribution in [0, 0.1) is 29.1 Å². The van der Waals surface area contributed by atoms with E-state index < -0.39 is 23.3 Å². The van der Waals surface area contributed by atoms with Crippen LogP contribution in [0.3, 0.4) is 0 Å². The van der Waals surface area contributed by atoms with Gasteiger partial charge in [-0.25, -0.2) is 22.0 Å². The van der Waals surface area contributed by atoms with Gasteiger partial charge in [0.25, 0.3) is 0 Å². The Morgan fingerprint density at radius 1 is 0.757 bits per heavy atom. The lowest BCUT2D eigenvalue weighted by atomic mass is 9.90. The van der Waals surface area contributed by atoms with Gasteiger partial charge in [-0.2, -0.15) is 0 Å². The summed E-state index contributed by atoms with van der Waals surface area (Å²) in [6, 6.07) is 10.2. The smallest absolute Gasteiger partial charge is 0.167 e. The maximum absolute atomic E-state index is 15.0. The van der Waals surface area contributed by atoms with E-state index in [4.69, 9.17) is 9.47 Å². The molecule has 0 radical (unpaired) electrons. The van der Waals surface area contributed by atoms with E-state index in [1.807, 2.05) is 13.8 Å². The average Bonchev–Trinajstić information content (AvgIpc) is 2.89. The van der Waals surface area contributed by atoms with Crippen molar-refractivity contribution in [1.29, 1.82) is 0 Å². The molecule has 1 aliphatic heterocycles. The standard InChI is InChI=1S/C30H31F5O2/c1-3-5-19-8-6-18(16-25(19)31)7-9-20-10-12-23(29(34)27(20)32)24-14-13-22(28(33)30(24)35)21-11-15-26(36-4-2)37-17-21/h6,8,10,12-14,16,21,26H,3-5,7,9,11,15,17H2,1-2H3. The van der Waals surface area contributed by atoms with Gasteiger partial charge in [0.2, 0.25) is 0 Å². The average molecular weight is 519 g/mol. The fourth-order valence-corrected chi connectivity index (χ4v) is 4.87. The second-order valence-corrected chi connectivity index (χ2v) is 9.40. The molecule has 0 spiro atoms. The largest absolute Gasteiger partial charge is 0.353 e. The van der Waals surface area contributed by atoms with Crippen LogP contribution in [0.2, 0.25) is 0 Å². The SMILES string of the molecule is CCCc1ccc(CCc2ccc(-c3ccc(C4CCC(OCC)OC4)c(F)c3F)c(F)c2F)cc1F. The van der Waals surface area contributed by atoms with Crippen molar-refractivity contribution in [3.8, 4) is 11.1 Å². The van der Waals surface area contributed by atoms with E-state index in [9.17, 15) is 17.6 Å². The lowest BCUT2D eigenvalue weighted by Gasteiger charge is -2.29. The Hall–Kier alpha value is -2.77. The van der Waals surface area contributed by atoms with Crippen molar-refractivity contribution in [3.05, 3.63) is 93.8 Å². The molecule has 0 N–H and O–H groups in total. The first-order valence-corrected chi connectivity index (χ1v) is 12.8. The van der Waals surface area contributed by atoms with Crippen molar-refractivity contribution in [2.45, 2.75) is 64.6 Å². The summed E-state index contributed by atoms with van der Waals surface area (Å²) >= 11 is 0. The van der Waals surface area contributed by atoms with Crippen molar-refractivity contribution in [2.75, 3.05) is 13.2 Å². The third-order valence-corrected chi connectivity index (χ3v) is 6.91. The molecular weight excluding hydrogens is 487 g/mol. The normalized spacial score (nSPS) is 17.8. The van der Waals surface area contributed by atoms with E-state index in [1.54, 1.807) is 12.1 Å². The van der Waals surface area contributed by atoms with Gasteiger partial charge in [0.05, 0.1) is 6.61 Å². The second-order valence-electron chi connectivity index (χ2n) is 9.40. The Bertz CT molecular complexity index is 1240. The van der Waals surface area contributed by atoms with Crippen LogP contribution >= 0.6 is 0 Å². The molecule has 2 nitrogen and oxygen atoms in total. The van der Waals surface area contributed by atoms with Crippen molar-refractivity contribution in [3.63, 3.8) is 0 Å². The molecule has 4 rings (SSSR count). The van der Waals surface area contributed by atoms with E-state index in [2.05, 4.69) is 0 Å². The van der Waals surface area contributed by atoms with Crippen molar-refractivity contribution >= 4 is 0 Å². The van der Waals surface area contributed by atoms with Crippen LogP contribution in [0.15, 0.2) is 42.5 Å². The Morgan fingerprint density at radius 3 is 2.11 bits per heavy atom. The summed E-state index contributed by atoms with van der Waals surface area (Å²) in [4.78, 5) is 0. The van der Waals surface area contributed by atoms with Crippen molar-refractivity contribution in [2.24, 2.45) is 0 Å². The van der Waals surface area contributed by atoms with Gasteiger partial charge in [0, 0.05) is 23.7 Å². The lowest BCUT2D eigenvalue weighted by Crippen LogP contribution is -2.27. The van der Waals surface area contributed by atoms with Crippen LogP contribution in [0.25, 0.3) is 11.1 Å². The lowest BCUT2D eigenvalue weighted by molar-refractivity contribution is -0.164. The zero-order valence-corrected chi connectivity index (χ0v) is 21.1. The predicted molar refractivity (Wildman–Crippen MR) is 133 cm³/mol. The third kappa shape index (κ3) is 6.04. The Kier molecular flexibility index (Phi) is 8.98. The fourth-order valence-electron chi connectivity index (χ4n) is 4.87. The minimum atomic E-state index is -1.24. The molecule has 198 valence electrons. The maximum atomic E-state index is 15.0. The van der Waals surface area contributed by atoms with E-state index in [0.717, 1.165) is 6.42 Å². The molecule has 1 saturated heterocycles. The van der Waals surface area contributed by atoms with Crippen LogP contribution in [-0.4, -0.2) is 19.5 Å². The summed E-state index contributed by atoms with van der Waals surface area (Å²) in [5, 5.41) is 0. The van der Waals surface area contributed by atoms with Gasteiger partial charge < -0.3 is 9.47 Å². The summed E-state index contributed by atoms with van der Waals surface area (Å²) in [6.07, 6.45) is 2.66. The van der Waals surface area contributed by atoms with Crippen LogP contribution in [0.5, 0.6) is 0 Å². The van der Waals surface area contributed by atoms with Gasteiger partial charge >= 0.3 is 0 Å². The topological polar surface area (TPSA) is 18.5 Å². The fraction of sp³-hybridized carbons (Fsp3) is 0.400. The summed E-state index contributed by atoms with van der Waals surface area (Å²) in [6.45, 7) is 4.50. The predicted octanol–water partition coefficient (Wildman–Crippen LogP) is 8.04. The minimum absolute atomic E-state index is 0.0833. The van der Waals surface area contributed by atoms with Gasteiger partial charge in [-0.15, -0.1) is 0 Å². The monoisotopic (exact) mass is 518 g/mol. The molecule has 7 heteroatoms. The molecule has 0 amide bonds. The summed E-state index contributed by atoms with van der Waals surface area (Å²) in [5.41, 5.74) is 0.825. The number of benzene rings is 3. The van der Waals surface area contributed by atoms with Crippen LogP contribution in [-0.2, 0) is 28.7 Å². The Balaban J connectivity index is 1.50. The molecular formula is C30H31F5O2. The van der Waals surface area contributed by atoms with Crippen LogP contribution in [0.1, 0.15) is 61.3 Å². The molecule has 3 aromatic rings. The first kappa shape index (κ1) is 27.3. The summed E-state index contributed by atoms with van der Waals surface area (Å²) in [7, 11) is 0. The molecule has 37 heavy (non-hydrogen) atoms. The van der Waals surface area contributed by atoms with Crippen LogP contribution < -0.4 is 0 Å². The first-order valence-electron chi connectivity index (χ1n) is 12.8.